The highest BCUT2D eigenvalue weighted by atomic mass is 32.2. The third kappa shape index (κ3) is 5.81. The maximum atomic E-state index is 12.6. The van der Waals surface area contributed by atoms with Crippen molar-refractivity contribution in [2.75, 3.05) is 17.7 Å². The zero-order chi connectivity index (χ0) is 24.7. The summed E-state index contributed by atoms with van der Waals surface area (Å²) in [6.45, 7) is 5.36. The van der Waals surface area contributed by atoms with Gasteiger partial charge in [-0.3, -0.25) is 14.9 Å². The molecule has 1 aromatic carbocycles. The molecule has 0 spiro atoms. The van der Waals surface area contributed by atoms with Gasteiger partial charge in [-0.15, -0.1) is 5.10 Å². The molecule has 180 valence electrons. The van der Waals surface area contributed by atoms with Crippen molar-refractivity contribution in [2.24, 2.45) is 5.73 Å². The number of nitrogens with zero attached hydrogens (tertiary/aromatic N) is 4. The highest BCUT2D eigenvalue weighted by Crippen LogP contribution is 2.28. The predicted molar refractivity (Wildman–Crippen MR) is 125 cm³/mol. The number of esters is 1. The number of carbonyl (C=O) groups excluding carboxylic acids is 3. The number of thioether (sulfide) groups is 1. The molecule has 0 radical (unpaired) electrons. The SMILES string of the molecule is CCCCc1ccc(-n2nnnc2SCC(=O)Nc2oc(C)c(C(=O)OCC)c2C(N)=O)cc1. The van der Waals surface area contributed by atoms with E-state index in [1.165, 1.54) is 17.2 Å². The number of carbonyl (C=O) groups is 3. The summed E-state index contributed by atoms with van der Waals surface area (Å²) in [5, 5.41) is 14.6. The maximum absolute atomic E-state index is 12.6. The van der Waals surface area contributed by atoms with Crippen LogP contribution in [0, 0.1) is 6.92 Å². The molecule has 2 heterocycles. The lowest BCUT2D eigenvalue weighted by molar-refractivity contribution is -0.113. The number of tetrazole rings is 1. The first-order valence-corrected chi connectivity index (χ1v) is 11.7. The number of furan rings is 1. The molecule has 0 aliphatic heterocycles. The number of nitrogens with two attached hydrogens (primary N) is 1. The van der Waals surface area contributed by atoms with E-state index < -0.39 is 17.8 Å². The monoisotopic (exact) mass is 486 g/mol. The van der Waals surface area contributed by atoms with Crippen molar-refractivity contribution in [1.82, 2.24) is 20.2 Å². The number of ether oxygens (including phenoxy) is 1. The van der Waals surface area contributed by atoms with Crippen LogP contribution in [-0.4, -0.2) is 50.4 Å². The number of aromatic nitrogens is 4. The molecule has 3 N–H and O–H groups in total. The largest absolute Gasteiger partial charge is 0.462 e. The summed E-state index contributed by atoms with van der Waals surface area (Å²) in [6.07, 6.45) is 3.25. The molecule has 0 saturated carbocycles. The van der Waals surface area contributed by atoms with Crippen LogP contribution in [0.5, 0.6) is 0 Å². The molecule has 3 aromatic rings. The molecule has 0 atom stereocenters. The number of unbranched alkanes of at least 4 members (excludes halogenated alkanes) is 1. The summed E-state index contributed by atoms with van der Waals surface area (Å²) in [5.41, 5.74) is 7.07. The normalized spacial score (nSPS) is 10.8. The minimum Gasteiger partial charge on any atom is -0.462 e. The third-order valence-corrected chi connectivity index (χ3v) is 5.76. The van der Waals surface area contributed by atoms with Gasteiger partial charge in [-0.2, -0.15) is 4.68 Å². The van der Waals surface area contributed by atoms with Gasteiger partial charge in [-0.25, -0.2) is 4.79 Å². The van der Waals surface area contributed by atoms with Gasteiger partial charge in [-0.05, 0) is 54.8 Å². The standard InChI is InChI=1S/C22H26N6O5S/c1-4-6-7-14-8-10-15(11-9-14)28-22(25-26-27-28)34-12-16(29)24-20-18(19(23)30)17(13(3)33-20)21(31)32-5-2/h8-11H,4-7,12H2,1-3H3,(H2,23,30)(H,24,29). The summed E-state index contributed by atoms with van der Waals surface area (Å²) in [7, 11) is 0. The minimum atomic E-state index is -0.922. The van der Waals surface area contributed by atoms with E-state index in [9.17, 15) is 14.4 Å². The van der Waals surface area contributed by atoms with E-state index in [4.69, 9.17) is 14.9 Å². The highest BCUT2D eigenvalue weighted by Gasteiger charge is 2.29. The zero-order valence-electron chi connectivity index (χ0n) is 19.2. The highest BCUT2D eigenvalue weighted by molar-refractivity contribution is 7.99. The first kappa shape index (κ1) is 25.0. The van der Waals surface area contributed by atoms with Crippen LogP contribution in [0.4, 0.5) is 5.88 Å². The van der Waals surface area contributed by atoms with Crippen molar-refractivity contribution in [3.63, 3.8) is 0 Å². The van der Waals surface area contributed by atoms with Crippen LogP contribution < -0.4 is 11.1 Å². The van der Waals surface area contributed by atoms with Crippen LogP contribution in [0.15, 0.2) is 33.8 Å². The van der Waals surface area contributed by atoms with E-state index in [-0.39, 0.29) is 35.1 Å². The smallest absolute Gasteiger partial charge is 0.342 e. The quantitative estimate of drug-likeness (QED) is 0.307. The van der Waals surface area contributed by atoms with E-state index in [2.05, 4.69) is 27.8 Å². The van der Waals surface area contributed by atoms with Gasteiger partial charge in [0, 0.05) is 0 Å². The van der Waals surface area contributed by atoms with Crippen molar-refractivity contribution in [3.8, 4) is 5.69 Å². The first-order valence-electron chi connectivity index (χ1n) is 10.8. The molecule has 11 nitrogen and oxygen atoms in total. The van der Waals surface area contributed by atoms with E-state index >= 15 is 0 Å². The Balaban J connectivity index is 1.69. The molecule has 3 rings (SSSR count). The topological polar surface area (TPSA) is 155 Å². The van der Waals surface area contributed by atoms with Gasteiger partial charge in [0.15, 0.2) is 0 Å². The van der Waals surface area contributed by atoms with Crippen molar-refractivity contribution in [1.29, 1.82) is 0 Å². The fraction of sp³-hybridized carbons (Fsp3) is 0.364. The number of amides is 2. The van der Waals surface area contributed by atoms with Gasteiger partial charge < -0.3 is 14.9 Å². The van der Waals surface area contributed by atoms with Gasteiger partial charge in [0.25, 0.3) is 5.91 Å². The Hall–Kier alpha value is -3.67. The molecule has 0 unspecified atom stereocenters. The molecule has 0 aliphatic carbocycles. The fourth-order valence-electron chi connectivity index (χ4n) is 3.23. The van der Waals surface area contributed by atoms with Crippen molar-refractivity contribution in [2.45, 2.75) is 45.2 Å². The summed E-state index contributed by atoms with van der Waals surface area (Å²) in [5.74, 6) is -2.35. The lowest BCUT2D eigenvalue weighted by Gasteiger charge is -2.06. The third-order valence-electron chi connectivity index (χ3n) is 4.84. The van der Waals surface area contributed by atoms with Gasteiger partial charge in [0.2, 0.25) is 16.9 Å². The molecular formula is C22H26N6O5S. The Labute approximate surface area is 200 Å². The summed E-state index contributed by atoms with van der Waals surface area (Å²) in [6, 6.07) is 7.90. The zero-order valence-corrected chi connectivity index (χ0v) is 20.0. The number of anilines is 1. The van der Waals surface area contributed by atoms with Gasteiger partial charge >= 0.3 is 5.97 Å². The second-order valence-corrected chi connectivity index (χ2v) is 8.24. The Kier molecular flexibility index (Phi) is 8.41. The lowest BCUT2D eigenvalue weighted by Crippen LogP contribution is -2.21. The van der Waals surface area contributed by atoms with Gasteiger partial charge in [-0.1, -0.05) is 37.2 Å². The molecule has 0 bridgehead atoms. The molecule has 2 aromatic heterocycles. The van der Waals surface area contributed by atoms with E-state index in [0.717, 1.165) is 36.7 Å². The van der Waals surface area contributed by atoms with Crippen LogP contribution >= 0.6 is 11.8 Å². The lowest BCUT2D eigenvalue weighted by atomic mass is 10.1. The molecule has 0 fully saturated rings. The second kappa shape index (κ2) is 11.5. The van der Waals surface area contributed by atoms with E-state index in [1.807, 2.05) is 24.3 Å². The van der Waals surface area contributed by atoms with Crippen LogP contribution in [0.1, 0.15) is 58.7 Å². The Morgan fingerprint density at radius 3 is 2.56 bits per heavy atom. The van der Waals surface area contributed by atoms with Crippen molar-refractivity contribution < 1.29 is 23.5 Å². The predicted octanol–water partition coefficient (Wildman–Crippen LogP) is 2.91. The number of benzene rings is 1. The van der Waals surface area contributed by atoms with Gasteiger partial charge in [0.05, 0.1) is 18.0 Å². The second-order valence-electron chi connectivity index (χ2n) is 7.30. The molecule has 34 heavy (non-hydrogen) atoms. The summed E-state index contributed by atoms with van der Waals surface area (Å²) >= 11 is 1.10. The molecule has 0 saturated heterocycles. The average Bonchev–Trinajstić information content (AvgIpc) is 3.40. The molecule has 0 aliphatic rings. The van der Waals surface area contributed by atoms with E-state index in [1.54, 1.807) is 6.92 Å². The molecule has 12 heteroatoms. The van der Waals surface area contributed by atoms with Crippen LogP contribution in [0.3, 0.4) is 0 Å². The van der Waals surface area contributed by atoms with Crippen molar-refractivity contribution >= 4 is 35.4 Å². The summed E-state index contributed by atoms with van der Waals surface area (Å²) in [4.78, 5) is 36.7. The number of hydrogen-bond acceptors (Lipinski definition) is 9. The average molecular weight is 487 g/mol. The number of primary amides is 1. The Morgan fingerprint density at radius 1 is 1.18 bits per heavy atom. The number of nitrogens with one attached hydrogen (secondary N) is 1. The minimum absolute atomic E-state index is 0.0817. The number of rotatable bonds is 11. The number of hydrogen-bond donors (Lipinski definition) is 2. The maximum Gasteiger partial charge on any atom is 0.342 e. The van der Waals surface area contributed by atoms with Crippen LogP contribution in [-0.2, 0) is 16.0 Å². The van der Waals surface area contributed by atoms with Crippen molar-refractivity contribution in [3.05, 3.63) is 46.7 Å². The number of aryl methyl sites for hydroxylation is 2. The van der Waals surface area contributed by atoms with Gasteiger partial charge in [0.1, 0.15) is 16.9 Å². The molecule has 2 amide bonds. The Morgan fingerprint density at radius 2 is 1.91 bits per heavy atom. The summed E-state index contributed by atoms with van der Waals surface area (Å²) < 4.78 is 11.9. The van der Waals surface area contributed by atoms with E-state index in [0.29, 0.717) is 5.16 Å². The first-order chi connectivity index (χ1) is 16.3. The van der Waals surface area contributed by atoms with Crippen LogP contribution in [0.2, 0.25) is 0 Å². The van der Waals surface area contributed by atoms with Crippen LogP contribution in [0.25, 0.3) is 5.69 Å². The Bertz CT molecular complexity index is 1170. The fourth-order valence-corrected chi connectivity index (χ4v) is 3.92. The molecular weight excluding hydrogens is 460 g/mol.